The number of anilines is 1. The van der Waals surface area contributed by atoms with Crippen molar-refractivity contribution in [2.24, 2.45) is 0 Å². The molecule has 0 radical (unpaired) electrons. The third-order valence-electron chi connectivity index (χ3n) is 4.30. The van der Waals surface area contributed by atoms with Crippen molar-refractivity contribution in [2.75, 3.05) is 11.4 Å². The molecule has 3 rings (SSSR count). The molecule has 1 aliphatic heterocycles. The van der Waals surface area contributed by atoms with Crippen molar-refractivity contribution in [3.05, 3.63) is 46.1 Å². The van der Waals surface area contributed by atoms with Crippen molar-refractivity contribution in [3.8, 4) is 11.4 Å². The van der Waals surface area contributed by atoms with Gasteiger partial charge in [0.05, 0.1) is 4.92 Å². The van der Waals surface area contributed by atoms with Crippen LogP contribution in [0.4, 0.5) is 11.5 Å². The summed E-state index contributed by atoms with van der Waals surface area (Å²) >= 11 is 0. The number of carboxylic acids is 1. The number of rotatable bonds is 5. The number of non-ortho nitro benzene ring substituents is 1. The molecule has 1 aromatic heterocycles. The fraction of sp³-hybridized carbons (Fsp3) is 0.353. The lowest BCUT2D eigenvalue weighted by molar-refractivity contribution is -0.384. The van der Waals surface area contributed by atoms with Gasteiger partial charge in [0, 0.05) is 36.0 Å². The van der Waals surface area contributed by atoms with E-state index in [0.717, 1.165) is 12.1 Å². The fourth-order valence-corrected chi connectivity index (χ4v) is 2.97. The van der Waals surface area contributed by atoms with Crippen LogP contribution in [0.25, 0.3) is 11.4 Å². The van der Waals surface area contributed by atoms with Crippen LogP contribution >= 0.6 is 0 Å². The van der Waals surface area contributed by atoms with Gasteiger partial charge in [0.15, 0.2) is 5.82 Å². The molecular formula is C17H18N4O4. The van der Waals surface area contributed by atoms with Gasteiger partial charge in [-0.2, -0.15) is 0 Å². The smallest absolute Gasteiger partial charge is 0.326 e. The molecule has 0 saturated carbocycles. The Labute approximate surface area is 144 Å². The molecule has 1 atom stereocenters. The molecule has 1 aliphatic rings. The van der Waals surface area contributed by atoms with Crippen molar-refractivity contribution in [2.45, 2.75) is 32.2 Å². The average Bonchev–Trinajstić information content (AvgIpc) is 3.11. The molecule has 0 amide bonds. The topological polar surface area (TPSA) is 109 Å². The molecule has 8 heteroatoms. The van der Waals surface area contributed by atoms with Crippen LogP contribution in [0.15, 0.2) is 30.3 Å². The summed E-state index contributed by atoms with van der Waals surface area (Å²) in [4.78, 5) is 32.6. The minimum Gasteiger partial charge on any atom is -0.480 e. The Balaban J connectivity index is 2.00. The van der Waals surface area contributed by atoms with Gasteiger partial charge in [-0.1, -0.05) is 6.92 Å². The van der Waals surface area contributed by atoms with Gasteiger partial charge in [-0.25, -0.2) is 14.8 Å². The number of aromatic nitrogens is 2. The highest BCUT2D eigenvalue weighted by atomic mass is 16.6. The molecule has 25 heavy (non-hydrogen) atoms. The van der Waals surface area contributed by atoms with Gasteiger partial charge < -0.3 is 10.0 Å². The normalized spacial score (nSPS) is 16.8. The monoisotopic (exact) mass is 342 g/mol. The summed E-state index contributed by atoms with van der Waals surface area (Å²) in [6.07, 6.45) is 2.07. The summed E-state index contributed by atoms with van der Waals surface area (Å²) < 4.78 is 0. The van der Waals surface area contributed by atoms with Crippen LogP contribution < -0.4 is 4.90 Å². The van der Waals surface area contributed by atoms with Crippen LogP contribution in [0.2, 0.25) is 0 Å². The minimum absolute atomic E-state index is 0.00102. The number of nitrogens with zero attached hydrogens (tertiary/aromatic N) is 4. The Morgan fingerprint density at radius 2 is 2.08 bits per heavy atom. The molecule has 0 aliphatic carbocycles. The number of nitro benzene ring substituents is 1. The van der Waals surface area contributed by atoms with E-state index in [1.165, 1.54) is 12.1 Å². The number of hydrogen-bond acceptors (Lipinski definition) is 6. The SMILES string of the molecule is CCc1cc(N2CCCC2C(=O)O)nc(-c2ccc([N+](=O)[O-])cc2)n1. The number of aryl methyl sites for hydroxylation is 1. The van der Waals surface area contributed by atoms with Gasteiger partial charge >= 0.3 is 5.97 Å². The number of aliphatic carboxylic acids is 1. The van der Waals surface area contributed by atoms with Crippen molar-refractivity contribution >= 4 is 17.5 Å². The highest BCUT2D eigenvalue weighted by Gasteiger charge is 2.32. The highest BCUT2D eigenvalue weighted by Crippen LogP contribution is 2.27. The molecule has 2 aromatic rings. The van der Waals surface area contributed by atoms with E-state index in [9.17, 15) is 20.0 Å². The molecule has 0 spiro atoms. The minimum atomic E-state index is -0.856. The lowest BCUT2D eigenvalue weighted by atomic mass is 10.2. The van der Waals surface area contributed by atoms with E-state index in [1.54, 1.807) is 17.0 Å². The zero-order valence-electron chi connectivity index (χ0n) is 13.8. The number of carboxylic acid groups (broad SMARTS) is 1. The summed E-state index contributed by atoms with van der Waals surface area (Å²) in [5.41, 5.74) is 1.46. The number of carbonyl (C=O) groups is 1. The Morgan fingerprint density at radius 3 is 2.68 bits per heavy atom. The van der Waals surface area contributed by atoms with Gasteiger partial charge in [-0.3, -0.25) is 10.1 Å². The molecule has 8 nitrogen and oxygen atoms in total. The molecule has 2 heterocycles. The Bertz CT molecular complexity index is 807. The molecule has 1 fully saturated rings. The van der Waals surface area contributed by atoms with E-state index in [0.29, 0.717) is 36.6 Å². The first-order chi connectivity index (χ1) is 12.0. The maximum Gasteiger partial charge on any atom is 0.326 e. The van der Waals surface area contributed by atoms with E-state index in [4.69, 9.17) is 0 Å². The van der Waals surface area contributed by atoms with E-state index in [1.807, 2.05) is 13.0 Å². The number of benzene rings is 1. The number of hydrogen-bond donors (Lipinski definition) is 1. The van der Waals surface area contributed by atoms with E-state index < -0.39 is 16.9 Å². The Hall–Kier alpha value is -3.03. The largest absolute Gasteiger partial charge is 0.480 e. The van der Waals surface area contributed by atoms with Crippen LogP contribution in [0.1, 0.15) is 25.5 Å². The first-order valence-electron chi connectivity index (χ1n) is 8.12. The van der Waals surface area contributed by atoms with Crippen molar-refractivity contribution in [1.82, 2.24) is 9.97 Å². The lowest BCUT2D eigenvalue weighted by Gasteiger charge is -2.23. The first kappa shape index (κ1) is 16.8. The van der Waals surface area contributed by atoms with Gasteiger partial charge in [-0.15, -0.1) is 0 Å². The van der Waals surface area contributed by atoms with Crippen LogP contribution in [0.3, 0.4) is 0 Å². The van der Waals surface area contributed by atoms with Gasteiger partial charge in [-0.05, 0) is 31.4 Å². The predicted molar refractivity (Wildman–Crippen MR) is 91.5 cm³/mol. The second-order valence-electron chi connectivity index (χ2n) is 5.89. The quantitative estimate of drug-likeness (QED) is 0.657. The Morgan fingerprint density at radius 1 is 1.36 bits per heavy atom. The molecule has 1 N–H and O–H groups in total. The molecule has 0 bridgehead atoms. The summed E-state index contributed by atoms with van der Waals surface area (Å²) in [6.45, 7) is 2.60. The van der Waals surface area contributed by atoms with E-state index in [-0.39, 0.29) is 5.69 Å². The second-order valence-corrected chi connectivity index (χ2v) is 5.89. The molecule has 1 unspecified atom stereocenters. The third-order valence-corrected chi connectivity index (χ3v) is 4.30. The maximum absolute atomic E-state index is 11.4. The maximum atomic E-state index is 11.4. The predicted octanol–water partition coefficient (Wildman–Crippen LogP) is 2.67. The molecule has 1 saturated heterocycles. The summed E-state index contributed by atoms with van der Waals surface area (Å²) in [5, 5.41) is 20.2. The first-order valence-corrected chi connectivity index (χ1v) is 8.12. The average molecular weight is 342 g/mol. The van der Waals surface area contributed by atoms with Crippen LogP contribution in [0, 0.1) is 10.1 Å². The van der Waals surface area contributed by atoms with Gasteiger partial charge in [0.2, 0.25) is 0 Å². The number of nitro groups is 1. The molecule has 130 valence electrons. The standard InChI is InChI=1S/C17H18N4O4/c1-2-12-10-15(20-9-3-4-14(20)17(22)23)19-16(18-12)11-5-7-13(8-6-11)21(24)25/h5-8,10,14H,2-4,9H2,1H3,(H,22,23). The van der Waals surface area contributed by atoms with Gasteiger partial charge in [0.1, 0.15) is 11.9 Å². The second kappa shape index (κ2) is 6.84. The van der Waals surface area contributed by atoms with Crippen molar-refractivity contribution in [1.29, 1.82) is 0 Å². The summed E-state index contributed by atoms with van der Waals surface area (Å²) in [7, 11) is 0. The van der Waals surface area contributed by atoms with Crippen LogP contribution in [-0.4, -0.2) is 38.6 Å². The summed E-state index contributed by atoms with van der Waals surface area (Å²) in [5.74, 6) is 0.177. The van der Waals surface area contributed by atoms with E-state index in [2.05, 4.69) is 9.97 Å². The van der Waals surface area contributed by atoms with Crippen molar-refractivity contribution < 1.29 is 14.8 Å². The zero-order valence-corrected chi connectivity index (χ0v) is 13.8. The highest BCUT2D eigenvalue weighted by molar-refractivity contribution is 5.78. The summed E-state index contributed by atoms with van der Waals surface area (Å²) in [6, 6.07) is 7.27. The van der Waals surface area contributed by atoms with E-state index >= 15 is 0 Å². The van der Waals surface area contributed by atoms with Crippen LogP contribution in [-0.2, 0) is 11.2 Å². The molecule has 1 aromatic carbocycles. The van der Waals surface area contributed by atoms with Gasteiger partial charge in [0.25, 0.3) is 5.69 Å². The molecular weight excluding hydrogens is 324 g/mol. The van der Waals surface area contributed by atoms with Crippen LogP contribution in [0.5, 0.6) is 0 Å². The fourth-order valence-electron chi connectivity index (χ4n) is 2.97. The Kier molecular flexibility index (Phi) is 4.60. The zero-order chi connectivity index (χ0) is 18.0. The van der Waals surface area contributed by atoms with Crippen molar-refractivity contribution in [3.63, 3.8) is 0 Å². The lowest BCUT2D eigenvalue weighted by Crippen LogP contribution is -2.36. The third kappa shape index (κ3) is 3.42.